The van der Waals surface area contributed by atoms with Crippen LogP contribution in [0.5, 0.6) is 0 Å². The monoisotopic (exact) mass is 423 g/mol. The van der Waals surface area contributed by atoms with Crippen LogP contribution in [0.15, 0.2) is 27.8 Å². The fourth-order valence-electron chi connectivity index (χ4n) is 4.34. The Balaban J connectivity index is 1.62. The molecule has 1 amide bonds. The highest BCUT2D eigenvalue weighted by Gasteiger charge is 2.21. The Hall–Kier alpha value is -3.03. The number of aromatic nitrogens is 4. The van der Waals surface area contributed by atoms with Crippen LogP contribution in [0.2, 0.25) is 0 Å². The Kier molecular flexibility index (Phi) is 6.44. The lowest BCUT2D eigenvalue weighted by Crippen LogP contribution is -2.39. The summed E-state index contributed by atoms with van der Waals surface area (Å²) in [5, 5.41) is 2.89. The number of anilines is 1. The highest BCUT2D eigenvalue weighted by molar-refractivity contribution is 5.93. The molecule has 1 aliphatic carbocycles. The third-order valence-corrected chi connectivity index (χ3v) is 6.01. The smallest absolute Gasteiger partial charge is 0.326 e. The fourth-order valence-corrected chi connectivity index (χ4v) is 4.34. The van der Waals surface area contributed by atoms with E-state index in [-0.39, 0.29) is 28.7 Å². The van der Waals surface area contributed by atoms with E-state index in [2.05, 4.69) is 27.2 Å². The van der Waals surface area contributed by atoms with Gasteiger partial charge in [0.05, 0.1) is 11.0 Å². The predicted molar refractivity (Wildman–Crippen MR) is 121 cm³/mol. The van der Waals surface area contributed by atoms with Crippen molar-refractivity contribution in [2.45, 2.75) is 77.2 Å². The number of hydrogen-bond acceptors (Lipinski definition) is 5. The zero-order valence-electron chi connectivity index (χ0n) is 17.9. The maximum atomic E-state index is 13.0. The minimum absolute atomic E-state index is 0.0343. The van der Waals surface area contributed by atoms with Crippen molar-refractivity contribution in [2.75, 3.05) is 5.32 Å². The number of nitrogens with one attached hydrogen (secondary N) is 2. The van der Waals surface area contributed by atoms with Gasteiger partial charge in [-0.15, -0.1) is 0 Å². The number of hydrogen-bond donors (Lipinski definition) is 2. The quantitative estimate of drug-likeness (QED) is 0.440. The first-order chi connectivity index (χ1) is 15.1. The summed E-state index contributed by atoms with van der Waals surface area (Å²) in [4.78, 5) is 49.5. The van der Waals surface area contributed by atoms with Gasteiger partial charge in [-0.05, 0) is 37.5 Å². The van der Waals surface area contributed by atoms with Crippen LogP contribution in [0.3, 0.4) is 0 Å². The second-order valence-corrected chi connectivity index (χ2v) is 8.38. The van der Waals surface area contributed by atoms with Crippen LogP contribution in [-0.2, 0) is 4.79 Å². The molecule has 0 bridgehead atoms. The lowest BCUT2D eigenvalue weighted by molar-refractivity contribution is -0.116. The number of aromatic amines is 1. The molecule has 3 aromatic rings. The molecule has 1 saturated carbocycles. The van der Waals surface area contributed by atoms with Crippen LogP contribution in [0.4, 0.5) is 5.69 Å². The summed E-state index contributed by atoms with van der Waals surface area (Å²) in [7, 11) is 0. The van der Waals surface area contributed by atoms with Gasteiger partial charge in [0.1, 0.15) is 0 Å². The predicted octanol–water partition coefficient (Wildman–Crippen LogP) is 4.05. The highest BCUT2D eigenvalue weighted by atomic mass is 16.2. The molecule has 2 aromatic heterocycles. The molecule has 2 N–H and O–H groups in total. The zero-order valence-corrected chi connectivity index (χ0v) is 17.9. The number of carbonyl (C=O) groups excluding carboxylic acids is 1. The van der Waals surface area contributed by atoms with Gasteiger partial charge < -0.3 is 5.32 Å². The van der Waals surface area contributed by atoms with Gasteiger partial charge in [0.25, 0.3) is 5.56 Å². The van der Waals surface area contributed by atoms with Gasteiger partial charge in [-0.2, -0.15) is 0 Å². The van der Waals surface area contributed by atoms with E-state index in [1.165, 1.54) is 4.57 Å². The fraction of sp³-hybridized carbons (Fsp3) is 0.522. The van der Waals surface area contributed by atoms with E-state index >= 15 is 0 Å². The van der Waals surface area contributed by atoms with Crippen molar-refractivity contribution in [3.05, 3.63) is 39.0 Å². The summed E-state index contributed by atoms with van der Waals surface area (Å²) >= 11 is 0. The van der Waals surface area contributed by atoms with E-state index in [4.69, 9.17) is 0 Å². The van der Waals surface area contributed by atoms with Crippen LogP contribution < -0.4 is 16.6 Å². The van der Waals surface area contributed by atoms with Crippen molar-refractivity contribution in [1.29, 1.82) is 0 Å². The number of unbranched alkanes of at least 4 members (excludes halogenated alkanes) is 3. The number of nitrogens with zero attached hydrogens (tertiary/aromatic N) is 3. The van der Waals surface area contributed by atoms with Crippen molar-refractivity contribution in [3.8, 4) is 0 Å². The van der Waals surface area contributed by atoms with Crippen molar-refractivity contribution in [3.63, 3.8) is 0 Å². The number of benzene rings is 1. The largest absolute Gasteiger partial charge is 0.330 e. The van der Waals surface area contributed by atoms with Crippen LogP contribution in [0, 0.1) is 0 Å². The first-order valence-corrected chi connectivity index (χ1v) is 11.3. The van der Waals surface area contributed by atoms with Crippen molar-refractivity contribution in [2.24, 2.45) is 0 Å². The number of amides is 1. The second kappa shape index (κ2) is 9.41. The Labute approximate surface area is 180 Å². The van der Waals surface area contributed by atoms with Crippen LogP contribution >= 0.6 is 0 Å². The summed E-state index contributed by atoms with van der Waals surface area (Å²) in [6, 6.07) is 5.14. The third kappa shape index (κ3) is 4.68. The van der Waals surface area contributed by atoms with Gasteiger partial charge in [0.15, 0.2) is 11.2 Å². The first kappa shape index (κ1) is 21.2. The molecule has 31 heavy (non-hydrogen) atoms. The van der Waals surface area contributed by atoms with Crippen molar-refractivity contribution >= 4 is 33.8 Å². The molecule has 4 rings (SSSR count). The molecule has 1 fully saturated rings. The molecule has 164 valence electrons. The average molecular weight is 424 g/mol. The third-order valence-electron chi connectivity index (χ3n) is 6.01. The molecular weight excluding hydrogens is 394 g/mol. The molecule has 8 nitrogen and oxygen atoms in total. The SMILES string of the molecule is CCCCCCC(=O)Nc1ccc2nc3c(=O)n(C4CCCCC4)c(=O)[nH]c3nc2c1. The molecule has 1 aliphatic rings. The molecule has 0 radical (unpaired) electrons. The molecular formula is C23H29N5O3. The maximum absolute atomic E-state index is 13.0. The van der Waals surface area contributed by atoms with Gasteiger partial charge in [-0.3, -0.25) is 19.1 Å². The van der Waals surface area contributed by atoms with Gasteiger partial charge >= 0.3 is 5.69 Å². The summed E-state index contributed by atoms with van der Waals surface area (Å²) in [6.45, 7) is 2.14. The lowest BCUT2D eigenvalue weighted by atomic mass is 9.95. The summed E-state index contributed by atoms with van der Waals surface area (Å²) in [5.74, 6) is -0.0343. The molecule has 8 heteroatoms. The minimum atomic E-state index is -0.436. The number of carbonyl (C=O) groups is 1. The molecule has 0 aliphatic heterocycles. The van der Waals surface area contributed by atoms with Crippen LogP contribution in [0.25, 0.3) is 22.2 Å². The summed E-state index contributed by atoms with van der Waals surface area (Å²) < 4.78 is 1.31. The van der Waals surface area contributed by atoms with Gasteiger partial charge in [0, 0.05) is 18.2 Å². The molecule has 0 spiro atoms. The molecule has 0 saturated heterocycles. The van der Waals surface area contributed by atoms with E-state index in [1.807, 2.05) is 0 Å². The van der Waals surface area contributed by atoms with E-state index in [9.17, 15) is 14.4 Å². The van der Waals surface area contributed by atoms with Crippen molar-refractivity contribution in [1.82, 2.24) is 19.5 Å². The van der Waals surface area contributed by atoms with E-state index in [1.54, 1.807) is 18.2 Å². The summed E-state index contributed by atoms with van der Waals surface area (Å²) in [6.07, 6.45) is 9.49. The van der Waals surface area contributed by atoms with Gasteiger partial charge in [-0.1, -0.05) is 45.4 Å². The molecule has 2 heterocycles. The Bertz CT molecular complexity index is 1210. The van der Waals surface area contributed by atoms with Crippen LogP contribution in [-0.4, -0.2) is 25.4 Å². The Morgan fingerprint density at radius 3 is 2.68 bits per heavy atom. The van der Waals surface area contributed by atoms with E-state index in [0.717, 1.165) is 57.8 Å². The molecule has 0 unspecified atom stereocenters. The number of rotatable bonds is 7. The lowest BCUT2D eigenvalue weighted by Gasteiger charge is -2.22. The highest BCUT2D eigenvalue weighted by Crippen LogP contribution is 2.26. The first-order valence-electron chi connectivity index (χ1n) is 11.3. The molecule has 0 atom stereocenters. The normalized spacial score (nSPS) is 14.9. The minimum Gasteiger partial charge on any atom is -0.326 e. The second-order valence-electron chi connectivity index (χ2n) is 8.38. The summed E-state index contributed by atoms with van der Waals surface area (Å²) in [5.41, 5.74) is 1.22. The van der Waals surface area contributed by atoms with Gasteiger partial charge in [-0.25, -0.2) is 14.8 Å². The Morgan fingerprint density at radius 2 is 1.90 bits per heavy atom. The van der Waals surface area contributed by atoms with E-state index < -0.39 is 5.69 Å². The molecule has 1 aromatic carbocycles. The number of fused-ring (bicyclic) bond motifs is 2. The number of H-pyrrole nitrogens is 1. The standard InChI is InChI=1S/C23H29N5O3/c1-2-3-4-8-11-19(29)24-15-12-13-17-18(14-15)26-21-20(25-17)22(30)28(23(31)27-21)16-9-6-5-7-10-16/h12-14,16H,2-11H2,1H3,(H,24,29)(H,26,27,31). The van der Waals surface area contributed by atoms with Crippen LogP contribution in [0.1, 0.15) is 77.2 Å². The average Bonchev–Trinajstić information content (AvgIpc) is 2.76. The Morgan fingerprint density at radius 1 is 1.10 bits per heavy atom. The van der Waals surface area contributed by atoms with E-state index in [0.29, 0.717) is 23.1 Å². The maximum Gasteiger partial charge on any atom is 0.330 e. The zero-order chi connectivity index (χ0) is 21.8. The van der Waals surface area contributed by atoms with Gasteiger partial charge in [0.2, 0.25) is 5.91 Å². The topological polar surface area (TPSA) is 110 Å². The van der Waals surface area contributed by atoms with Crippen molar-refractivity contribution < 1.29 is 4.79 Å².